The number of rotatable bonds is 5. The van der Waals surface area contributed by atoms with Crippen molar-refractivity contribution in [3.05, 3.63) is 17.0 Å². The van der Waals surface area contributed by atoms with Gasteiger partial charge >= 0.3 is 0 Å². The van der Waals surface area contributed by atoms with E-state index in [9.17, 15) is 14.4 Å². The lowest BCUT2D eigenvalue weighted by atomic mass is 9.94. The van der Waals surface area contributed by atoms with Gasteiger partial charge in [0.1, 0.15) is 12.3 Å². The summed E-state index contributed by atoms with van der Waals surface area (Å²) in [6, 6.07) is 1.49. The van der Waals surface area contributed by atoms with Crippen LogP contribution in [0.1, 0.15) is 25.0 Å². The number of carbonyl (C=O) groups is 3. The highest BCUT2D eigenvalue weighted by Gasteiger charge is 2.42. The van der Waals surface area contributed by atoms with Crippen LogP contribution in [0.3, 0.4) is 0 Å². The first-order valence-electron chi connectivity index (χ1n) is 8.74. The molecule has 2 bridgehead atoms. The van der Waals surface area contributed by atoms with Crippen LogP contribution in [0.4, 0.5) is 0 Å². The van der Waals surface area contributed by atoms with Crippen LogP contribution in [0.5, 0.6) is 0 Å². The summed E-state index contributed by atoms with van der Waals surface area (Å²) in [5.41, 5.74) is 0. The first-order valence-corrected chi connectivity index (χ1v) is 9.12. The van der Waals surface area contributed by atoms with Gasteiger partial charge < -0.3 is 19.2 Å². The van der Waals surface area contributed by atoms with E-state index in [4.69, 9.17) is 16.1 Å². The van der Waals surface area contributed by atoms with Crippen molar-refractivity contribution in [1.82, 2.24) is 19.9 Å². The maximum atomic E-state index is 12.7. The third-order valence-corrected chi connectivity index (χ3v) is 5.24. The second kappa shape index (κ2) is 7.65. The van der Waals surface area contributed by atoms with Gasteiger partial charge in [-0.1, -0.05) is 16.8 Å². The molecule has 142 valence electrons. The first-order chi connectivity index (χ1) is 12.3. The lowest BCUT2D eigenvalue weighted by Gasteiger charge is -2.35. The third-order valence-electron chi connectivity index (χ3n) is 5.07. The maximum absolute atomic E-state index is 12.7. The number of carbonyl (C=O) groups excluding carboxylic acids is 3. The number of hydrogen-bond donors (Lipinski definition) is 0. The Morgan fingerprint density at radius 1 is 1.35 bits per heavy atom. The Labute approximate surface area is 157 Å². The SMILES string of the molecule is CN(C)C(=O)CN1C(=O)[C@@H]2CC[C@H]1CN(C(=O)CCc1cc(Cl)no1)C2. The number of hydrogen-bond acceptors (Lipinski definition) is 5. The lowest BCUT2D eigenvalue weighted by Crippen LogP contribution is -2.51. The molecule has 9 heteroatoms. The van der Waals surface area contributed by atoms with Crippen LogP contribution in [-0.4, -0.2) is 77.3 Å². The molecule has 26 heavy (non-hydrogen) atoms. The Morgan fingerprint density at radius 3 is 2.77 bits per heavy atom. The summed E-state index contributed by atoms with van der Waals surface area (Å²) in [4.78, 5) is 42.2. The highest BCUT2D eigenvalue weighted by molar-refractivity contribution is 6.29. The van der Waals surface area contributed by atoms with Crippen LogP contribution >= 0.6 is 11.6 Å². The molecule has 0 saturated carbocycles. The van der Waals surface area contributed by atoms with E-state index in [0.717, 1.165) is 12.8 Å². The largest absolute Gasteiger partial charge is 0.360 e. The minimum absolute atomic E-state index is 0.0197. The molecule has 4 heterocycles. The fraction of sp³-hybridized carbons (Fsp3) is 0.647. The van der Waals surface area contributed by atoms with Gasteiger partial charge in [0.25, 0.3) is 0 Å². The van der Waals surface area contributed by atoms with Gasteiger partial charge in [-0.05, 0) is 12.8 Å². The molecule has 0 N–H and O–H groups in total. The molecule has 4 rings (SSSR count). The lowest BCUT2D eigenvalue weighted by molar-refractivity contribution is -0.145. The van der Waals surface area contributed by atoms with E-state index >= 15 is 0 Å². The van der Waals surface area contributed by atoms with E-state index in [1.807, 2.05) is 0 Å². The minimum Gasteiger partial charge on any atom is -0.360 e. The number of piperidine rings is 1. The summed E-state index contributed by atoms with van der Waals surface area (Å²) in [5, 5.41) is 3.87. The van der Waals surface area contributed by atoms with Crippen molar-refractivity contribution in [2.75, 3.05) is 33.7 Å². The Morgan fingerprint density at radius 2 is 2.12 bits per heavy atom. The molecule has 2 atom stereocenters. The molecule has 3 saturated heterocycles. The van der Waals surface area contributed by atoms with Crippen LogP contribution in [0.2, 0.25) is 5.15 Å². The van der Waals surface area contributed by atoms with Gasteiger partial charge in [0.15, 0.2) is 5.15 Å². The zero-order valence-electron chi connectivity index (χ0n) is 15.0. The van der Waals surface area contributed by atoms with E-state index in [1.54, 1.807) is 30.0 Å². The van der Waals surface area contributed by atoms with Crippen LogP contribution in [0, 0.1) is 5.92 Å². The van der Waals surface area contributed by atoms with Crippen molar-refractivity contribution in [2.24, 2.45) is 5.92 Å². The molecule has 3 fully saturated rings. The molecular formula is C17H23ClN4O4. The monoisotopic (exact) mass is 382 g/mol. The van der Waals surface area contributed by atoms with Crippen LogP contribution < -0.4 is 0 Å². The minimum atomic E-state index is -0.229. The number of aryl methyl sites for hydroxylation is 1. The Balaban J connectivity index is 1.63. The number of aromatic nitrogens is 1. The van der Waals surface area contributed by atoms with Gasteiger partial charge in [-0.2, -0.15) is 0 Å². The third kappa shape index (κ3) is 4.00. The molecular weight excluding hydrogens is 360 g/mol. The summed E-state index contributed by atoms with van der Waals surface area (Å²) >= 11 is 5.71. The summed E-state index contributed by atoms with van der Waals surface area (Å²) in [5.74, 6) is 0.186. The normalized spacial score (nSPS) is 22.5. The molecule has 8 nitrogen and oxygen atoms in total. The van der Waals surface area contributed by atoms with E-state index in [-0.39, 0.29) is 47.8 Å². The van der Waals surface area contributed by atoms with Crippen molar-refractivity contribution in [2.45, 2.75) is 31.7 Å². The number of likely N-dealkylation sites (N-methyl/N-ethyl adjacent to an activating group) is 1. The zero-order chi connectivity index (χ0) is 18.8. The summed E-state index contributed by atoms with van der Waals surface area (Å²) in [6.07, 6.45) is 2.27. The van der Waals surface area contributed by atoms with Gasteiger partial charge in [-0.15, -0.1) is 0 Å². The highest BCUT2D eigenvalue weighted by atomic mass is 35.5. The van der Waals surface area contributed by atoms with E-state index in [1.165, 1.54) is 4.90 Å². The van der Waals surface area contributed by atoms with Gasteiger partial charge in [-0.25, -0.2) is 0 Å². The number of fused-ring (bicyclic) bond motifs is 4. The Kier molecular flexibility index (Phi) is 5.50. The molecule has 0 unspecified atom stereocenters. The average Bonchev–Trinajstić information content (AvgIpc) is 2.83. The van der Waals surface area contributed by atoms with Gasteiger partial charge in [0, 0.05) is 52.1 Å². The topological polar surface area (TPSA) is 87.0 Å². The predicted molar refractivity (Wildman–Crippen MR) is 93.3 cm³/mol. The van der Waals surface area contributed by atoms with Crippen molar-refractivity contribution < 1.29 is 18.9 Å². The second-order valence-corrected chi connectivity index (χ2v) is 7.48. The van der Waals surface area contributed by atoms with Crippen molar-refractivity contribution in [3.63, 3.8) is 0 Å². The smallest absolute Gasteiger partial charge is 0.241 e. The van der Waals surface area contributed by atoms with E-state index in [0.29, 0.717) is 25.3 Å². The molecule has 3 aliphatic rings. The quantitative estimate of drug-likeness (QED) is 0.751. The Bertz CT molecular complexity index is 705. The predicted octanol–water partition coefficient (Wildman–Crippen LogP) is 0.798. The average molecular weight is 383 g/mol. The van der Waals surface area contributed by atoms with E-state index in [2.05, 4.69) is 5.16 Å². The van der Waals surface area contributed by atoms with E-state index < -0.39 is 0 Å². The molecule has 0 aromatic carbocycles. The van der Waals surface area contributed by atoms with Crippen molar-refractivity contribution in [3.8, 4) is 0 Å². The summed E-state index contributed by atoms with van der Waals surface area (Å²) in [7, 11) is 3.35. The molecule has 1 aromatic rings. The van der Waals surface area contributed by atoms with Crippen molar-refractivity contribution in [1.29, 1.82) is 0 Å². The number of amides is 3. The number of halogens is 1. The fourth-order valence-electron chi connectivity index (χ4n) is 3.53. The van der Waals surface area contributed by atoms with Gasteiger partial charge in [-0.3, -0.25) is 14.4 Å². The summed E-state index contributed by atoms with van der Waals surface area (Å²) in [6.45, 7) is 0.961. The second-order valence-electron chi connectivity index (χ2n) is 7.10. The maximum Gasteiger partial charge on any atom is 0.241 e. The molecule has 1 aromatic heterocycles. The molecule has 3 aliphatic heterocycles. The first kappa shape index (κ1) is 18.7. The fourth-order valence-corrected chi connectivity index (χ4v) is 3.69. The van der Waals surface area contributed by atoms with Crippen LogP contribution in [0.25, 0.3) is 0 Å². The standard InChI is InChI=1S/C17H23ClN4O4/c1-20(2)16(24)10-22-12-4-3-11(17(22)25)8-21(9-12)15(23)6-5-13-7-14(18)19-26-13/h7,11-12H,3-6,8-10H2,1-2H3/t11-,12+/m1/s1. The number of nitrogens with zero attached hydrogens (tertiary/aromatic N) is 4. The summed E-state index contributed by atoms with van der Waals surface area (Å²) < 4.78 is 5.02. The van der Waals surface area contributed by atoms with Crippen molar-refractivity contribution >= 4 is 29.3 Å². The van der Waals surface area contributed by atoms with Crippen LogP contribution in [-0.2, 0) is 20.8 Å². The molecule has 0 aliphatic carbocycles. The van der Waals surface area contributed by atoms with Gasteiger partial charge in [0.2, 0.25) is 17.7 Å². The molecule has 0 spiro atoms. The zero-order valence-corrected chi connectivity index (χ0v) is 15.7. The molecule has 0 radical (unpaired) electrons. The van der Waals surface area contributed by atoms with Gasteiger partial charge in [0.05, 0.1) is 5.92 Å². The van der Waals surface area contributed by atoms with Crippen LogP contribution in [0.15, 0.2) is 10.6 Å². The Hall–Kier alpha value is -2.09. The molecule has 3 amide bonds. The highest BCUT2D eigenvalue weighted by Crippen LogP contribution is 2.29.